The molecular formula is C18H15F2IN2O. The van der Waals surface area contributed by atoms with Crippen LogP contribution in [0, 0.1) is 3.57 Å². The summed E-state index contributed by atoms with van der Waals surface area (Å²) in [6.45, 7) is 0.814. The van der Waals surface area contributed by atoms with Crippen LogP contribution in [0.5, 0.6) is 0 Å². The van der Waals surface area contributed by atoms with Crippen LogP contribution in [0.2, 0.25) is 0 Å². The van der Waals surface area contributed by atoms with Crippen molar-refractivity contribution in [1.82, 2.24) is 5.32 Å². The monoisotopic (exact) mass is 440 g/mol. The summed E-state index contributed by atoms with van der Waals surface area (Å²) in [5.41, 5.74) is 1.49. The molecule has 3 nitrogen and oxygen atoms in total. The molecular weight excluding hydrogens is 425 g/mol. The third kappa shape index (κ3) is 2.52. The SMILES string of the molecule is O=C(Nc1ccc2c(c1)C(F)(F)c1cc(I)ccc1-2)[C@@H]1CCCN1. The van der Waals surface area contributed by atoms with Crippen molar-refractivity contribution in [2.45, 2.75) is 24.8 Å². The van der Waals surface area contributed by atoms with Crippen molar-refractivity contribution in [2.75, 3.05) is 11.9 Å². The van der Waals surface area contributed by atoms with Crippen molar-refractivity contribution < 1.29 is 13.6 Å². The summed E-state index contributed by atoms with van der Waals surface area (Å²) in [5, 5.41) is 5.86. The van der Waals surface area contributed by atoms with Gasteiger partial charge in [-0.2, -0.15) is 8.78 Å². The van der Waals surface area contributed by atoms with E-state index in [2.05, 4.69) is 10.6 Å². The Balaban J connectivity index is 1.68. The molecule has 2 aromatic rings. The number of alkyl halides is 2. The molecule has 1 aliphatic carbocycles. The number of anilines is 1. The first kappa shape index (κ1) is 16.0. The second-order valence-electron chi connectivity index (χ2n) is 6.16. The molecule has 1 atom stereocenters. The molecule has 1 aliphatic heterocycles. The Kier molecular flexibility index (Phi) is 3.84. The van der Waals surface area contributed by atoms with Crippen molar-refractivity contribution in [3.05, 3.63) is 51.1 Å². The highest BCUT2D eigenvalue weighted by molar-refractivity contribution is 14.1. The van der Waals surface area contributed by atoms with Gasteiger partial charge in [-0.15, -0.1) is 0 Å². The van der Waals surface area contributed by atoms with Gasteiger partial charge in [0.05, 0.1) is 6.04 Å². The van der Waals surface area contributed by atoms with Crippen LogP contribution in [0.4, 0.5) is 14.5 Å². The number of hydrogen-bond donors (Lipinski definition) is 2. The van der Waals surface area contributed by atoms with E-state index in [4.69, 9.17) is 0 Å². The van der Waals surface area contributed by atoms with Crippen LogP contribution in [0.3, 0.4) is 0 Å². The van der Waals surface area contributed by atoms with Gasteiger partial charge in [-0.1, -0.05) is 12.1 Å². The molecule has 124 valence electrons. The highest BCUT2D eigenvalue weighted by atomic mass is 127. The van der Waals surface area contributed by atoms with Gasteiger partial charge in [0.15, 0.2) is 0 Å². The van der Waals surface area contributed by atoms with Crippen LogP contribution < -0.4 is 10.6 Å². The molecule has 4 rings (SSSR count). The van der Waals surface area contributed by atoms with E-state index >= 15 is 0 Å². The molecule has 1 heterocycles. The topological polar surface area (TPSA) is 41.1 Å². The Morgan fingerprint density at radius 2 is 1.88 bits per heavy atom. The van der Waals surface area contributed by atoms with Crippen LogP contribution in [0.1, 0.15) is 24.0 Å². The predicted molar refractivity (Wildman–Crippen MR) is 97.2 cm³/mol. The molecule has 1 amide bonds. The molecule has 0 aromatic heterocycles. The molecule has 1 fully saturated rings. The van der Waals surface area contributed by atoms with E-state index in [0.717, 1.165) is 23.0 Å². The second-order valence-corrected chi connectivity index (χ2v) is 7.41. The molecule has 6 heteroatoms. The minimum Gasteiger partial charge on any atom is -0.325 e. The number of benzene rings is 2. The van der Waals surface area contributed by atoms with Gasteiger partial charge in [-0.3, -0.25) is 4.79 Å². The fourth-order valence-corrected chi connectivity index (χ4v) is 3.90. The highest BCUT2D eigenvalue weighted by Gasteiger charge is 2.44. The largest absolute Gasteiger partial charge is 0.325 e. The quantitative estimate of drug-likeness (QED) is 0.691. The van der Waals surface area contributed by atoms with Gasteiger partial charge in [-0.25, -0.2) is 0 Å². The molecule has 2 aromatic carbocycles. The molecule has 1 saturated heterocycles. The first-order valence-corrected chi connectivity index (χ1v) is 8.92. The minimum atomic E-state index is -3.04. The maximum atomic E-state index is 14.8. The van der Waals surface area contributed by atoms with Crippen LogP contribution in [0.25, 0.3) is 11.1 Å². The third-order valence-corrected chi connectivity index (χ3v) is 5.28. The average molecular weight is 440 g/mol. The number of halogens is 3. The fraction of sp³-hybridized carbons (Fsp3) is 0.278. The molecule has 2 N–H and O–H groups in total. The summed E-state index contributed by atoms with van der Waals surface area (Å²) >= 11 is 2.04. The lowest BCUT2D eigenvalue weighted by Crippen LogP contribution is -2.35. The number of nitrogens with one attached hydrogen (secondary N) is 2. The van der Waals surface area contributed by atoms with Crippen LogP contribution in [-0.4, -0.2) is 18.5 Å². The third-order valence-electron chi connectivity index (χ3n) is 4.61. The smallest absolute Gasteiger partial charge is 0.299 e. The van der Waals surface area contributed by atoms with Gasteiger partial charge >= 0.3 is 0 Å². The zero-order chi connectivity index (χ0) is 16.9. The van der Waals surface area contributed by atoms with Gasteiger partial charge in [0.2, 0.25) is 5.91 Å². The second kappa shape index (κ2) is 5.77. The standard InChI is InChI=1S/C18H15F2IN2O/c19-18(20)14-8-10(21)3-5-12(14)13-6-4-11(9-15(13)18)23-17(24)16-2-1-7-22-16/h3-6,8-9,16,22H,1-2,7H2,(H,23,24)/t16-/m0/s1. The van der Waals surface area contributed by atoms with E-state index < -0.39 is 5.92 Å². The van der Waals surface area contributed by atoms with Crippen molar-refractivity contribution in [3.8, 4) is 11.1 Å². The lowest BCUT2D eigenvalue weighted by molar-refractivity contribution is -0.117. The maximum absolute atomic E-state index is 14.8. The zero-order valence-electron chi connectivity index (χ0n) is 12.7. The molecule has 24 heavy (non-hydrogen) atoms. The molecule has 2 aliphatic rings. The maximum Gasteiger partial charge on any atom is 0.299 e. The summed E-state index contributed by atoms with van der Waals surface area (Å²) in [7, 11) is 0. The van der Waals surface area contributed by atoms with E-state index in [1.807, 2.05) is 28.7 Å². The van der Waals surface area contributed by atoms with Crippen molar-refractivity contribution in [1.29, 1.82) is 0 Å². The lowest BCUT2D eigenvalue weighted by atomic mass is 10.1. The predicted octanol–water partition coefficient (Wildman–Crippen LogP) is 4.10. The number of carbonyl (C=O) groups excluding carboxylic acids is 1. The van der Waals surface area contributed by atoms with Crippen molar-refractivity contribution in [3.63, 3.8) is 0 Å². The van der Waals surface area contributed by atoms with E-state index in [9.17, 15) is 13.6 Å². The first-order valence-electron chi connectivity index (χ1n) is 7.84. The summed E-state index contributed by atoms with van der Waals surface area (Å²) in [4.78, 5) is 12.2. The molecule has 0 unspecified atom stereocenters. The Morgan fingerprint density at radius 1 is 1.17 bits per heavy atom. The average Bonchev–Trinajstić information content (AvgIpc) is 3.15. The van der Waals surface area contributed by atoms with E-state index in [1.165, 1.54) is 12.1 Å². The molecule has 0 spiro atoms. The van der Waals surface area contributed by atoms with Gasteiger partial charge in [0, 0.05) is 20.4 Å². The normalized spacial score (nSPS) is 20.5. The van der Waals surface area contributed by atoms with E-state index in [-0.39, 0.29) is 23.1 Å². The van der Waals surface area contributed by atoms with Crippen LogP contribution >= 0.6 is 22.6 Å². The fourth-order valence-electron chi connectivity index (χ4n) is 3.41. The van der Waals surface area contributed by atoms with Gasteiger partial charge in [-0.05, 0) is 77.4 Å². The van der Waals surface area contributed by atoms with Crippen LogP contribution in [-0.2, 0) is 10.7 Å². The number of rotatable bonds is 2. The minimum absolute atomic E-state index is 0.0327. The van der Waals surface area contributed by atoms with Crippen molar-refractivity contribution >= 4 is 34.2 Å². The van der Waals surface area contributed by atoms with Gasteiger partial charge in [0.25, 0.3) is 5.92 Å². The first-order chi connectivity index (χ1) is 11.5. The Hall–Kier alpha value is -1.54. The molecule has 0 bridgehead atoms. The Bertz CT molecular complexity index is 832. The number of hydrogen-bond acceptors (Lipinski definition) is 2. The molecule has 0 saturated carbocycles. The van der Waals surface area contributed by atoms with E-state index in [1.54, 1.807) is 18.2 Å². The summed E-state index contributed by atoms with van der Waals surface area (Å²) in [6, 6.07) is 9.60. The number of fused-ring (bicyclic) bond motifs is 3. The van der Waals surface area contributed by atoms with Crippen LogP contribution in [0.15, 0.2) is 36.4 Å². The highest BCUT2D eigenvalue weighted by Crippen LogP contribution is 2.51. The number of amides is 1. The summed E-state index contributed by atoms with van der Waals surface area (Å²) < 4.78 is 30.4. The summed E-state index contributed by atoms with van der Waals surface area (Å²) in [5.74, 6) is -3.21. The number of carbonyl (C=O) groups is 1. The lowest BCUT2D eigenvalue weighted by Gasteiger charge is -2.15. The van der Waals surface area contributed by atoms with Crippen molar-refractivity contribution in [2.24, 2.45) is 0 Å². The van der Waals surface area contributed by atoms with E-state index in [0.29, 0.717) is 16.8 Å². The Morgan fingerprint density at radius 3 is 2.58 bits per heavy atom. The summed E-state index contributed by atoms with van der Waals surface area (Å²) in [6.07, 6.45) is 1.73. The zero-order valence-corrected chi connectivity index (χ0v) is 14.9. The van der Waals surface area contributed by atoms with Gasteiger partial charge < -0.3 is 10.6 Å². The molecule has 0 radical (unpaired) electrons. The van der Waals surface area contributed by atoms with Gasteiger partial charge in [0.1, 0.15) is 0 Å². The Labute approximate surface area is 152 Å².